The number of carbonyl (C=O) groups is 1. The van der Waals surface area contributed by atoms with Gasteiger partial charge in [-0.05, 0) is 44.9 Å². The molecule has 0 atom stereocenters. The summed E-state index contributed by atoms with van der Waals surface area (Å²) in [6, 6.07) is 5.85. The van der Waals surface area contributed by atoms with Crippen LogP contribution in [0.3, 0.4) is 0 Å². The maximum Gasteiger partial charge on any atom is 0.259 e. The first-order valence-electron chi connectivity index (χ1n) is 6.16. The molecular weight excluding hydrogens is 238 g/mol. The highest BCUT2D eigenvalue weighted by atomic mass is 16.1. The Labute approximate surface area is 112 Å². The highest BCUT2D eigenvalue weighted by molar-refractivity contribution is 6.06. The molecule has 4 heteroatoms. The summed E-state index contributed by atoms with van der Waals surface area (Å²) in [6.07, 6.45) is 1.47. The summed E-state index contributed by atoms with van der Waals surface area (Å²) in [5.74, 6) is -0.163. The third-order valence-corrected chi connectivity index (χ3v) is 3.31. The van der Waals surface area contributed by atoms with E-state index in [0.29, 0.717) is 17.0 Å². The topological polar surface area (TPSA) is 54.9 Å². The largest absolute Gasteiger partial charge is 0.322 e. The third-order valence-electron chi connectivity index (χ3n) is 3.31. The van der Waals surface area contributed by atoms with Crippen molar-refractivity contribution in [1.29, 1.82) is 0 Å². The maximum atomic E-state index is 12.3. The van der Waals surface area contributed by atoms with Crippen molar-refractivity contribution in [3.8, 4) is 0 Å². The van der Waals surface area contributed by atoms with E-state index in [9.17, 15) is 4.79 Å². The van der Waals surface area contributed by atoms with E-state index in [1.54, 1.807) is 0 Å². The predicted molar refractivity (Wildman–Crippen MR) is 75.4 cm³/mol. The predicted octanol–water partition coefficient (Wildman–Crippen LogP) is 2.96. The van der Waals surface area contributed by atoms with Crippen molar-refractivity contribution in [3.63, 3.8) is 0 Å². The van der Waals surface area contributed by atoms with Crippen LogP contribution >= 0.6 is 0 Å². The highest BCUT2D eigenvalue weighted by Crippen LogP contribution is 2.19. The first kappa shape index (κ1) is 13.2. The van der Waals surface area contributed by atoms with Gasteiger partial charge in [0, 0.05) is 5.69 Å². The molecule has 0 fully saturated rings. The normalized spacial score (nSPS) is 10.3. The molecule has 0 saturated heterocycles. The van der Waals surface area contributed by atoms with Crippen molar-refractivity contribution < 1.29 is 4.79 Å². The summed E-state index contributed by atoms with van der Waals surface area (Å²) in [5, 5.41) is 2.93. The molecular formula is C15H17N3O. The van der Waals surface area contributed by atoms with E-state index in [1.165, 1.54) is 6.33 Å². The molecule has 0 aliphatic rings. The van der Waals surface area contributed by atoms with Crippen LogP contribution in [0.2, 0.25) is 0 Å². The molecule has 0 radical (unpaired) electrons. The van der Waals surface area contributed by atoms with Crippen LogP contribution in [0, 0.1) is 27.7 Å². The van der Waals surface area contributed by atoms with Crippen LogP contribution in [0.1, 0.15) is 32.9 Å². The van der Waals surface area contributed by atoms with Gasteiger partial charge in [0.2, 0.25) is 0 Å². The number of amides is 1. The van der Waals surface area contributed by atoms with E-state index in [-0.39, 0.29) is 5.91 Å². The second-order valence-corrected chi connectivity index (χ2v) is 4.62. The molecule has 1 N–H and O–H groups in total. The number of rotatable bonds is 2. The summed E-state index contributed by atoms with van der Waals surface area (Å²) >= 11 is 0. The van der Waals surface area contributed by atoms with Crippen LogP contribution < -0.4 is 5.32 Å². The first-order valence-corrected chi connectivity index (χ1v) is 6.16. The minimum absolute atomic E-state index is 0.163. The molecule has 1 aromatic carbocycles. The molecule has 19 heavy (non-hydrogen) atoms. The average Bonchev–Trinajstić information content (AvgIpc) is 2.35. The van der Waals surface area contributed by atoms with Crippen LogP contribution in [0.5, 0.6) is 0 Å². The van der Waals surface area contributed by atoms with E-state index in [2.05, 4.69) is 15.3 Å². The highest BCUT2D eigenvalue weighted by Gasteiger charge is 2.15. The molecule has 4 nitrogen and oxygen atoms in total. The Morgan fingerprint density at radius 3 is 2.32 bits per heavy atom. The summed E-state index contributed by atoms with van der Waals surface area (Å²) in [6.45, 7) is 7.64. The fourth-order valence-electron chi connectivity index (χ4n) is 1.99. The molecule has 1 amide bonds. The van der Waals surface area contributed by atoms with Gasteiger partial charge in [0.25, 0.3) is 5.91 Å². The number of nitrogens with zero attached hydrogens (tertiary/aromatic N) is 2. The molecule has 0 bridgehead atoms. The van der Waals surface area contributed by atoms with Crippen molar-refractivity contribution >= 4 is 11.6 Å². The smallest absolute Gasteiger partial charge is 0.259 e. The summed E-state index contributed by atoms with van der Waals surface area (Å²) in [7, 11) is 0. The number of nitrogens with one attached hydrogen (secondary N) is 1. The molecule has 98 valence electrons. The molecule has 0 aliphatic carbocycles. The standard InChI is InChI=1S/C15H17N3O/c1-9-6-5-7-13(10(9)2)18-15(19)14-11(3)16-8-17-12(14)4/h5-8H,1-4H3,(H,18,19). The minimum Gasteiger partial charge on any atom is -0.322 e. The van der Waals surface area contributed by atoms with Gasteiger partial charge in [-0.25, -0.2) is 9.97 Å². The summed E-state index contributed by atoms with van der Waals surface area (Å²) in [4.78, 5) is 20.5. The second-order valence-electron chi connectivity index (χ2n) is 4.62. The van der Waals surface area contributed by atoms with Crippen LogP contribution in [0.4, 0.5) is 5.69 Å². The van der Waals surface area contributed by atoms with E-state index in [4.69, 9.17) is 0 Å². The third kappa shape index (κ3) is 2.62. The van der Waals surface area contributed by atoms with E-state index in [0.717, 1.165) is 16.8 Å². The lowest BCUT2D eigenvalue weighted by molar-refractivity contribution is 0.102. The number of anilines is 1. The molecule has 2 aromatic rings. The fourth-order valence-corrected chi connectivity index (χ4v) is 1.99. The number of aryl methyl sites for hydroxylation is 3. The number of carbonyl (C=O) groups excluding carboxylic acids is 1. The van der Waals surface area contributed by atoms with Gasteiger partial charge in [0.15, 0.2) is 0 Å². The van der Waals surface area contributed by atoms with Gasteiger partial charge >= 0.3 is 0 Å². The summed E-state index contributed by atoms with van der Waals surface area (Å²) < 4.78 is 0. The Morgan fingerprint density at radius 1 is 1.05 bits per heavy atom. The van der Waals surface area contributed by atoms with Crippen molar-refractivity contribution in [2.24, 2.45) is 0 Å². The van der Waals surface area contributed by atoms with Crippen molar-refractivity contribution in [3.05, 3.63) is 52.6 Å². The molecule has 0 saturated carbocycles. The van der Waals surface area contributed by atoms with Gasteiger partial charge in [0.1, 0.15) is 6.33 Å². The molecule has 0 unspecified atom stereocenters. The maximum absolute atomic E-state index is 12.3. The Kier molecular flexibility index (Phi) is 3.60. The molecule has 2 rings (SSSR count). The van der Waals surface area contributed by atoms with Crippen molar-refractivity contribution in [1.82, 2.24) is 9.97 Å². The van der Waals surface area contributed by atoms with Crippen LogP contribution in [-0.2, 0) is 0 Å². The lowest BCUT2D eigenvalue weighted by atomic mass is 10.1. The van der Waals surface area contributed by atoms with E-state index < -0.39 is 0 Å². The SMILES string of the molecule is Cc1cccc(NC(=O)c2c(C)ncnc2C)c1C. The van der Waals surface area contributed by atoms with Gasteiger partial charge in [-0.15, -0.1) is 0 Å². The van der Waals surface area contributed by atoms with Gasteiger partial charge in [-0.2, -0.15) is 0 Å². The van der Waals surface area contributed by atoms with Crippen LogP contribution in [0.15, 0.2) is 24.5 Å². The second kappa shape index (κ2) is 5.18. The molecule has 1 aromatic heterocycles. The van der Waals surface area contributed by atoms with Gasteiger partial charge in [-0.1, -0.05) is 12.1 Å². The quantitative estimate of drug-likeness (QED) is 0.897. The molecule has 0 spiro atoms. The van der Waals surface area contributed by atoms with Crippen molar-refractivity contribution in [2.75, 3.05) is 5.32 Å². The zero-order valence-corrected chi connectivity index (χ0v) is 11.6. The van der Waals surface area contributed by atoms with Gasteiger partial charge < -0.3 is 5.32 Å². The lowest BCUT2D eigenvalue weighted by Gasteiger charge is -2.12. The number of aromatic nitrogens is 2. The first-order chi connectivity index (χ1) is 9.00. The minimum atomic E-state index is -0.163. The lowest BCUT2D eigenvalue weighted by Crippen LogP contribution is -2.17. The Hall–Kier alpha value is -2.23. The van der Waals surface area contributed by atoms with E-state index >= 15 is 0 Å². The van der Waals surface area contributed by atoms with Crippen molar-refractivity contribution in [2.45, 2.75) is 27.7 Å². The monoisotopic (exact) mass is 255 g/mol. The summed E-state index contributed by atoms with van der Waals surface area (Å²) in [5.41, 5.74) is 4.97. The Bertz CT molecular complexity index is 615. The Morgan fingerprint density at radius 2 is 1.68 bits per heavy atom. The Balaban J connectivity index is 2.34. The van der Waals surface area contributed by atoms with E-state index in [1.807, 2.05) is 45.9 Å². The van der Waals surface area contributed by atoms with Gasteiger partial charge in [-0.3, -0.25) is 4.79 Å². The molecule has 0 aliphatic heterocycles. The van der Waals surface area contributed by atoms with Crippen LogP contribution in [0.25, 0.3) is 0 Å². The zero-order valence-electron chi connectivity index (χ0n) is 11.6. The molecule has 1 heterocycles. The zero-order chi connectivity index (χ0) is 14.0. The van der Waals surface area contributed by atoms with Gasteiger partial charge in [0.05, 0.1) is 17.0 Å². The average molecular weight is 255 g/mol. The fraction of sp³-hybridized carbons (Fsp3) is 0.267. The van der Waals surface area contributed by atoms with Crippen LogP contribution in [-0.4, -0.2) is 15.9 Å². The number of hydrogen-bond donors (Lipinski definition) is 1. The number of hydrogen-bond acceptors (Lipinski definition) is 3. The number of benzene rings is 1.